The highest BCUT2D eigenvalue weighted by Crippen LogP contribution is 2.11. The summed E-state index contributed by atoms with van der Waals surface area (Å²) in [6.07, 6.45) is 8.22. The molecular formula is C10H18ClNO2S. The molecule has 0 bridgehead atoms. The Balaban J connectivity index is 2.31. The highest BCUT2D eigenvalue weighted by Gasteiger charge is 2.17. The molecule has 1 unspecified atom stereocenters. The maximum Gasteiger partial charge on any atom is 0.211 e. The average molecular weight is 252 g/mol. The van der Waals surface area contributed by atoms with Gasteiger partial charge in [0.2, 0.25) is 10.0 Å². The van der Waals surface area contributed by atoms with E-state index < -0.39 is 10.0 Å². The first-order valence-corrected chi connectivity index (χ1v) is 7.54. The van der Waals surface area contributed by atoms with Crippen molar-refractivity contribution in [1.29, 1.82) is 0 Å². The van der Waals surface area contributed by atoms with E-state index in [1.54, 1.807) is 0 Å². The maximum absolute atomic E-state index is 11.6. The highest BCUT2D eigenvalue weighted by molar-refractivity contribution is 7.89. The number of allylic oxidation sites excluding steroid dienone is 1. The van der Waals surface area contributed by atoms with Crippen molar-refractivity contribution in [3.8, 4) is 0 Å². The molecule has 1 aliphatic rings. The predicted molar refractivity (Wildman–Crippen MR) is 63.7 cm³/mol. The third kappa shape index (κ3) is 5.54. The number of sulfonamides is 1. The molecule has 1 rings (SSSR count). The van der Waals surface area contributed by atoms with Crippen LogP contribution in [0.3, 0.4) is 0 Å². The lowest BCUT2D eigenvalue weighted by Gasteiger charge is -2.19. The molecule has 1 aliphatic carbocycles. The summed E-state index contributed by atoms with van der Waals surface area (Å²) in [6.45, 7) is 0. The molecule has 0 saturated heterocycles. The predicted octanol–water partition coefficient (Wildman–Crippen LogP) is 2.03. The van der Waals surface area contributed by atoms with Crippen LogP contribution in [0.5, 0.6) is 0 Å². The number of nitrogens with one attached hydrogen (secondary N) is 1. The first kappa shape index (κ1) is 13.0. The lowest BCUT2D eigenvalue weighted by molar-refractivity contribution is 0.521. The van der Waals surface area contributed by atoms with Gasteiger partial charge in [0.05, 0.1) is 5.75 Å². The van der Waals surface area contributed by atoms with Crippen LogP contribution in [-0.4, -0.2) is 26.1 Å². The molecular weight excluding hydrogens is 234 g/mol. The summed E-state index contributed by atoms with van der Waals surface area (Å²) < 4.78 is 25.9. The Kier molecular flexibility index (Phi) is 5.64. The number of halogens is 1. The van der Waals surface area contributed by atoms with Gasteiger partial charge >= 0.3 is 0 Å². The van der Waals surface area contributed by atoms with Crippen molar-refractivity contribution in [2.24, 2.45) is 0 Å². The fraction of sp³-hybridized carbons (Fsp3) is 0.800. The summed E-state index contributed by atoms with van der Waals surface area (Å²) in [5, 5.41) is 0. The van der Waals surface area contributed by atoms with Gasteiger partial charge in [0.15, 0.2) is 0 Å². The fourth-order valence-electron chi connectivity index (χ4n) is 1.60. The van der Waals surface area contributed by atoms with Gasteiger partial charge in [-0.2, -0.15) is 0 Å². The van der Waals surface area contributed by atoms with Gasteiger partial charge < -0.3 is 0 Å². The van der Waals surface area contributed by atoms with Crippen molar-refractivity contribution in [1.82, 2.24) is 4.72 Å². The van der Waals surface area contributed by atoms with Gasteiger partial charge in [0, 0.05) is 11.9 Å². The number of hydrogen-bond donors (Lipinski definition) is 1. The normalized spacial score (nSPS) is 21.8. The monoisotopic (exact) mass is 251 g/mol. The van der Waals surface area contributed by atoms with Crippen LogP contribution in [-0.2, 0) is 10.0 Å². The molecule has 15 heavy (non-hydrogen) atoms. The van der Waals surface area contributed by atoms with Gasteiger partial charge in [-0.3, -0.25) is 0 Å². The highest BCUT2D eigenvalue weighted by atomic mass is 35.5. The van der Waals surface area contributed by atoms with Gasteiger partial charge in [-0.15, -0.1) is 11.6 Å². The van der Waals surface area contributed by atoms with Crippen LogP contribution in [0, 0.1) is 0 Å². The third-order valence-electron chi connectivity index (χ3n) is 2.41. The van der Waals surface area contributed by atoms with Crippen LogP contribution >= 0.6 is 11.6 Å². The molecule has 0 aromatic rings. The first-order chi connectivity index (χ1) is 7.14. The van der Waals surface area contributed by atoms with E-state index in [9.17, 15) is 8.42 Å². The minimum absolute atomic E-state index is 0.0935. The first-order valence-electron chi connectivity index (χ1n) is 5.35. The summed E-state index contributed by atoms with van der Waals surface area (Å²) in [7, 11) is -3.10. The largest absolute Gasteiger partial charge is 0.212 e. The molecule has 5 heteroatoms. The zero-order chi connectivity index (χ0) is 11.1. The van der Waals surface area contributed by atoms with Crippen LogP contribution in [0.4, 0.5) is 0 Å². The number of rotatable bonds is 6. The van der Waals surface area contributed by atoms with Crippen molar-refractivity contribution in [2.75, 3.05) is 11.6 Å². The van der Waals surface area contributed by atoms with Crippen molar-refractivity contribution >= 4 is 21.6 Å². The van der Waals surface area contributed by atoms with Crippen LogP contribution < -0.4 is 4.72 Å². The summed E-state index contributed by atoms with van der Waals surface area (Å²) in [4.78, 5) is 0. The molecule has 0 amide bonds. The minimum Gasteiger partial charge on any atom is -0.212 e. The Labute approximate surface area is 96.9 Å². The zero-order valence-corrected chi connectivity index (χ0v) is 10.4. The van der Waals surface area contributed by atoms with E-state index in [4.69, 9.17) is 11.6 Å². The van der Waals surface area contributed by atoms with Gasteiger partial charge in [0.25, 0.3) is 0 Å². The molecule has 0 aromatic heterocycles. The topological polar surface area (TPSA) is 46.2 Å². The minimum atomic E-state index is -3.10. The standard InChI is InChI=1S/C10H18ClNO2S/c11-8-4-5-9-15(13,14)12-10-6-2-1-3-7-10/h1-2,10,12H,3-9H2. The van der Waals surface area contributed by atoms with Crippen molar-refractivity contribution < 1.29 is 8.42 Å². The van der Waals surface area contributed by atoms with E-state index in [2.05, 4.69) is 10.8 Å². The summed E-state index contributed by atoms with van der Waals surface area (Å²) >= 11 is 5.50. The summed E-state index contributed by atoms with van der Waals surface area (Å²) in [5.41, 5.74) is 0. The van der Waals surface area contributed by atoms with Gasteiger partial charge in [0.1, 0.15) is 0 Å². The van der Waals surface area contributed by atoms with E-state index in [1.165, 1.54) is 0 Å². The molecule has 1 atom stereocenters. The SMILES string of the molecule is O=S(=O)(CCCCCl)NC1CC=CCC1. The molecule has 0 aliphatic heterocycles. The second-order valence-corrected chi connectivity index (χ2v) is 6.07. The van der Waals surface area contributed by atoms with Crippen molar-refractivity contribution in [2.45, 2.75) is 38.1 Å². The van der Waals surface area contributed by atoms with Crippen molar-refractivity contribution in [3.05, 3.63) is 12.2 Å². The van der Waals surface area contributed by atoms with E-state index in [0.29, 0.717) is 12.3 Å². The Morgan fingerprint density at radius 3 is 2.73 bits per heavy atom. The molecule has 1 N–H and O–H groups in total. The van der Waals surface area contributed by atoms with E-state index in [-0.39, 0.29) is 11.8 Å². The lowest BCUT2D eigenvalue weighted by atomic mass is 10.0. The summed E-state index contributed by atoms with van der Waals surface area (Å²) in [5.74, 6) is 0.724. The van der Waals surface area contributed by atoms with Gasteiger partial charge in [-0.1, -0.05) is 12.2 Å². The Morgan fingerprint density at radius 2 is 2.13 bits per heavy atom. The Bertz CT molecular complexity index is 301. The molecule has 3 nitrogen and oxygen atoms in total. The van der Waals surface area contributed by atoms with E-state index in [0.717, 1.165) is 25.7 Å². The van der Waals surface area contributed by atoms with E-state index in [1.807, 2.05) is 6.08 Å². The van der Waals surface area contributed by atoms with Gasteiger partial charge in [-0.05, 0) is 32.1 Å². The van der Waals surface area contributed by atoms with E-state index >= 15 is 0 Å². The zero-order valence-electron chi connectivity index (χ0n) is 8.78. The number of hydrogen-bond acceptors (Lipinski definition) is 2. The van der Waals surface area contributed by atoms with Crippen LogP contribution in [0.25, 0.3) is 0 Å². The number of alkyl halides is 1. The average Bonchev–Trinajstić information content (AvgIpc) is 2.18. The molecule has 0 fully saturated rings. The fourth-order valence-corrected chi connectivity index (χ4v) is 3.21. The van der Waals surface area contributed by atoms with Gasteiger partial charge in [-0.25, -0.2) is 13.1 Å². The van der Waals surface area contributed by atoms with Crippen LogP contribution in [0.2, 0.25) is 0 Å². The molecule has 0 aromatic carbocycles. The third-order valence-corrected chi connectivity index (χ3v) is 4.20. The molecule has 0 spiro atoms. The van der Waals surface area contributed by atoms with Crippen LogP contribution in [0.1, 0.15) is 32.1 Å². The molecule has 0 heterocycles. The second-order valence-electron chi connectivity index (χ2n) is 3.81. The Hall–Kier alpha value is -0.0600. The molecule has 0 radical (unpaired) electrons. The smallest absolute Gasteiger partial charge is 0.211 e. The van der Waals surface area contributed by atoms with Crippen molar-refractivity contribution in [3.63, 3.8) is 0 Å². The van der Waals surface area contributed by atoms with Crippen LogP contribution in [0.15, 0.2) is 12.2 Å². The Morgan fingerprint density at radius 1 is 1.33 bits per heavy atom. The molecule has 0 saturated carbocycles. The quantitative estimate of drug-likeness (QED) is 0.446. The summed E-state index contributed by atoms with van der Waals surface area (Å²) in [6, 6.07) is 0.0935. The number of unbranched alkanes of at least 4 members (excludes halogenated alkanes) is 1. The second kappa shape index (κ2) is 6.51. The maximum atomic E-state index is 11.6. The lowest BCUT2D eigenvalue weighted by Crippen LogP contribution is -2.36. The molecule has 88 valence electrons.